The highest BCUT2D eigenvalue weighted by atomic mass is 16.1. The van der Waals surface area contributed by atoms with Gasteiger partial charge in [0.2, 0.25) is 0 Å². The molecule has 7 nitrogen and oxygen atoms in total. The quantitative estimate of drug-likeness (QED) is 0.833. The Kier molecular flexibility index (Phi) is 4.15. The Hall–Kier alpha value is -2.44. The third-order valence-corrected chi connectivity index (χ3v) is 5.20. The third kappa shape index (κ3) is 3.50. The SMILES string of the molecule is Cn1nc(N2CCC(Cn3nc(C4CC4)ccc3=O)CC2)ccc1=O. The molecule has 132 valence electrons. The zero-order chi connectivity index (χ0) is 17.4. The van der Waals surface area contributed by atoms with Crippen molar-refractivity contribution in [3.63, 3.8) is 0 Å². The van der Waals surface area contributed by atoms with Gasteiger partial charge in [0.1, 0.15) is 5.82 Å². The van der Waals surface area contributed by atoms with Crippen LogP contribution < -0.4 is 16.0 Å². The van der Waals surface area contributed by atoms with Gasteiger partial charge in [0.05, 0.1) is 5.69 Å². The second-order valence-corrected chi connectivity index (χ2v) is 7.14. The van der Waals surface area contributed by atoms with E-state index < -0.39 is 0 Å². The van der Waals surface area contributed by atoms with Crippen LogP contribution in [0.15, 0.2) is 33.9 Å². The first-order chi connectivity index (χ1) is 12.1. The number of aryl methyl sites for hydroxylation is 1. The smallest absolute Gasteiger partial charge is 0.266 e. The highest BCUT2D eigenvalue weighted by Crippen LogP contribution is 2.38. The minimum atomic E-state index is -0.0976. The molecule has 0 radical (unpaired) electrons. The number of rotatable bonds is 4. The lowest BCUT2D eigenvalue weighted by molar-refractivity contribution is 0.332. The maximum atomic E-state index is 12.1. The molecule has 2 aromatic rings. The zero-order valence-electron chi connectivity index (χ0n) is 14.5. The molecule has 2 fully saturated rings. The Bertz CT molecular complexity index is 876. The molecule has 0 amide bonds. The van der Waals surface area contributed by atoms with E-state index in [0.29, 0.717) is 18.4 Å². The van der Waals surface area contributed by atoms with Gasteiger partial charge >= 0.3 is 0 Å². The topological polar surface area (TPSA) is 73.0 Å². The summed E-state index contributed by atoms with van der Waals surface area (Å²) in [6.07, 6.45) is 4.37. The van der Waals surface area contributed by atoms with E-state index in [4.69, 9.17) is 0 Å². The number of aromatic nitrogens is 4. The minimum absolute atomic E-state index is 0.00782. The molecule has 0 atom stereocenters. The molecule has 2 aliphatic rings. The number of piperidine rings is 1. The summed E-state index contributed by atoms with van der Waals surface area (Å²) in [5, 5.41) is 8.89. The van der Waals surface area contributed by atoms with Gasteiger partial charge in [-0.15, -0.1) is 0 Å². The predicted octanol–water partition coefficient (Wildman–Crippen LogP) is 1.13. The van der Waals surface area contributed by atoms with Gasteiger partial charge in [-0.1, -0.05) is 0 Å². The van der Waals surface area contributed by atoms with Crippen molar-refractivity contribution in [3.8, 4) is 0 Å². The van der Waals surface area contributed by atoms with Crippen LogP contribution in [-0.4, -0.2) is 32.7 Å². The van der Waals surface area contributed by atoms with Gasteiger partial charge in [-0.05, 0) is 43.7 Å². The van der Waals surface area contributed by atoms with Crippen molar-refractivity contribution in [1.29, 1.82) is 0 Å². The van der Waals surface area contributed by atoms with E-state index in [1.165, 1.54) is 17.5 Å². The molecule has 0 N–H and O–H groups in total. The second kappa shape index (κ2) is 6.46. The zero-order valence-corrected chi connectivity index (χ0v) is 14.5. The number of anilines is 1. The van der Waals surface area contributed by atoms with Crippen LogP contribution in [0.2, 0.25) is 0 Å². The molecule has 2 aromatic heterocycles. The largest absolute Gasteiger partial charge is 0.355 e. The molecular formula is C18H23N5O2. The summed E-state index contributed by atoms with van der Waals surface area (Å²) >= 11 is 0. The Morgan fingerprint density at radius 3 is 2.36 bits per heavy atom. The normalized spacial score (nSPS) is 18.5. The van der Waals surface area contributed by atoms with Crippen molar-refractivity contribution in [2.24, 2.45) is 13.0 Å². The molecule has 0 spiro atoms. The van der Waals surface area contributed by atoms with E-state index in [1.807, 2.05) is 6.07 Å². The minimum Gasteiger partial charge on any atom is -0.355 e. The highest BCUT2D eigenvalue weighted by Gasteiger charge is 2.26. The number of hydrogen-bond acceptors (Lipinski definition) is 5. The lowest BCUT2D eigenvalue weighted by Gasteiger charge is -2.32. The van der Waals surface area contributed by atoms with Gasteiger partial charge in [0.15, 0.2) is 0 Å². The average molecular weight is 341 g/mol. The summed E-state index contributed by atoms with van der Waals surface area (Å²) in [7, 11) is 1.67. The first-order valence-corrected chi connectivity index (χ1v) is 8.97. The maximum absolute atomic E-state index is 12.1. The second-order valence-electron chi connectivity index (χ2n) is 7.14. The van der Waals surface area contributed by atoms with Gasteiger partial charge in [-0.3, -0.25) is 9.59 Å². The fraction of sp³-hybridized carbons (Fsp3) is 0.556. The van der Waals surface area contributed by atoms with Crippen molar-refractivity contribution in [1.82, 2.24) is 19.6 Å². The Labute approximate surface area is 145 Å². The Morgan fingerprint density at radius 1 is 0.960 bits per heavy atom. The van der Waals surface area contributed by atoms with Gasteiger partial charge in [-0.25, -0.2) is 9.36 Å². The molecule has 7 heteroatoms. The lowest BCUT2D eigenvalue weighted by atomic mass is 9.97. The van der Waals surface area contributed by atoms with Crippen molar-refractivity contribution in [2.75, 3.05) is 18.0 Å². The van der Waals surface area contributed by atoms with Crippen molar-refractivity contribution in [2.45, 2.75) is 38.1 Å². The van der Waals surface area contributed by atoms with Gasteiger partial charge in [-0.2, -0.15) is 10.2 Å². The van der Waals surface area contributed by atoms with Crippen molar-refractivity contribution < 1.29 is 0 Å². The first kappa shape index (κ1) is 16.1. The molecule has 1 saturated heterocycles. The standard InChI is InChI=1S/C18H23N5O2/c1-21-17(24)7-5-16(20-21)22-10-8-13(9-11-22)12-23-18(25)6-4-15(19-23)14-2-3-14/h4-7,13-14H,2-3,8-12H2,1H3. The fourth-order valence-corrected chi connectivity index (χ4v) is 3.44. The van der Waals surface area contributed by atoms with Crippen LogP contribution in [-0.2, 0) is 13.6 Å². The van der Waals surface area contributed by atoms with Crippen LogP contribution in [0.5, 0.6) is 0 Å². The molecule has 0 unspecified atom stereocenters. The summed E-state index contributed by atoms with van der Waals surface area (Å²) in [6, 6.07) is 6.88. The van der Waals surface area contributed by atoms with E-state index >= 15 is 0 Å². The van der Waals surface area contributed by atoms with E-state index in [9.17, 15) is 9.59 Å². The summed E-state index contributed by atoms with van der Waals surface area (Å²) < 4.78 is 3.02. The van der Waals surface area contributed by atoms with Crippen LogP contribution in [0.1, 0.15) is 37.3 Å². The molecule has 1 saturated carbocycles. The Balaban J connectivity index is 1.40. The summed E-state index contributed by atoms with van der Waals surface area (Å²) in [6.45, 7) is 2.45. The van der Waals surface area contributed by atoms with E-state index in [1.54, 1.807) is 29.9 Å². The molecule has 0 aromatic carbocycles. The molecule has 0 bridgehead atoms. The lowest BCUT2D eigenvalue weighted by Crippen LogP contribution is -2.38. The van der Waals surface area contributed by atoms with Crippen molar-refractivity contribution in [3.05, 3.63) is 50.7 Å². The predicted molar refractivity (Wildman–Crippen MR) is 94.9 cm³/mol. The summed E-state index contributed by atoms with van der Waals surface area (Å²) in [5.41, 5.74) is 0.956. The van der Waals surface area contributed by atoms with E-state index in [0.717, 1.165) is 37.4 Å². The average Bonchev–Trinajstić information content (AvgIpc) is 3.45. The van der Waals surface area contributed by atoms with E-state index in [2.05, 4.69) is 15.1 Å². The highest BCUT2D eigenvalue weighted by molar-refractivity contribution is 5.36. The fourth-order valence-electron chi connectivity index (χ4n) is 3.44. The van der Waals surface area contributed by atoms with E-state index in [-0.39, 0.29) is 11.1 Å². The van der Waals surface area contributed by atoms with Gasteiger partial charge in [0.25, 0.3) is 11.1 Å². The van der Waals surface area contributed by atoms with Crippen LogP contribution in [0.3, 0.4) is 0 Å². The summed E-state index contributed by atoms with van der Waals surface area (Å²) in [5.74, 6) is 1.85. The van der Waals surface area contributed by atoms with Crippen molar-refractivity contribution >= 4 is 5.82 Å². The number of nitrogens with zero attached hydrogens (tertiary/aromatic N) is 5. The molecule has 25 heavy (non-hydrogen) atoms. The molecular weight excluding hydrogens is 318 g/mol. The van der Waals surface area contributed by atoms with Crippen LogP contribution in [0.25, 0.3) is 0 Å². The molecule has 3 heterocycles. The van der Waals surface area contributed by atoms with Crippen LogP contribution >= 0.6 is 0 Å². The number of hydrogen-bond donors (Lipinski definition) is 0. The first-order valence-electron chi connectivity index (χ1n) is 8.97. The van der Waals surface area contributed by atoms with Gasteiger partial charge in [0, 0.05) is 44.7 Å². The summed E-state index contributed by atoms with van der Waals surface area (Å²) in [4.78, 5) is 25.8. The Morgan fingerprint density at radius 2 is 1.68 bits per heavy atom. The third-order valence-electron chi connectivity index (χ3n) is 5.20. The maximum Gasteiger partial charge on any atom is 0.266 e. The monoisotopic (exact) mass is 341 g/mol. The van der Waals surface area contributed by atoms with Crippen LogP contribution in [0, 0.1) is 5.92 Å². The van der Waals surface area contributed by atoms with Gasteiger partial charge < -0.3 is 4.90 Å². The molecule has 4 rings (SSSR count). The molecule has 1 aliphatic carbocycles. The molecule has 1 aliphatic heterocycles. The van der Waals surface area contributed by atoms with Crippen LogP contribution in [0.4, 0.5) is 5.82 Å².